The summed E-state index contributed by atoms with van der Waals surface area (Å²) in [5.41, 5.74) is 0.308. The van der Waals surface area contributed by atoms with E-state index in [0.29, 0.717) is 5.69 Å². The molecule has 2 aromatic heterocycles. The van der Waals surface area contributed by atoms with Crippen LogP contribution in [0.2, 0.25) is 0 Å². The molecule has 0 amide bonds. The predicted octanol–water partition coefficient (Wildman–Crippen LogP) is -0.717. The fourth-order valence-electron chi connectivity index (χ4n) is 1.35. The molecule has 0 saturated heterocycles. The van der Waals surface area contributed by atoms with Crippen LogP contribution in [0.15, 0.2) is 9.42 Å². The van der Waals surface area contributed by atoms with E-state index < -0.39 is 10.0 Å². The molecule has 0 unspecified atom stereocenters. The first-order chi connectivity index (χ1) is 8.00. The second kappa shape index (κ2) is 4.22. The number of nitrogens with one attached hydrogen (secondary N) is 2. The molecule has 0 bridgehead atoms. The molecule has 2 heterocycles. The SMILES string of the molecule is Cc1noc(C)c1S(=O)(=O)NCc1nn[nH]n1. The van der Waals surface area contributed by atoms with Crippen molar-refractivity contribution in [3.8, 4) is 0 Å². The number of aromatic nitrogens is 5. The lowest BCUT2D eigenvalue weighted by molar-refractivity contribution is 0.390. The normalized spacial score (nSPS) is 11.9. The predicted molar refractivity (Wildman–Crippen MR) is 54.2 cm³/mol. The third-order valence-electron chi connectivity index (χ3n) is 2.05. The van der Waals surface area contributed by atoms with Crippen molar-refractivity contribution in [1.29, 1.82) is 0 Å². The van der Waals surface area contributed by atoms with E-state index in [4.69, 9.17) is 4.52 Å². The zero-order valence-corrected chi connectivity index (χ0v) is 9.95. The van der Waals surface area contributed by atoms with Crippen LogP contribution >= 0.6 is 0 Å². The van der Waals surface area contributed by atoms with E-state index in [1.165, 1.54) is 6.92 Å². The first kappa shape index (κ1) is 11.7. The monoisotopic (exact) mass is 258 g/mol. The second-order valence-electron chi connectivity index (χ2n) is 3.31. The minimum atomic E-state index is -3.68. The molecule has 0 spiro atoms. The summed E-state index contributed by atoms with van der Waals surface area (Å²) in [6.07, 6.45) is 0. The van der Waals surface area contributed by atoms with Gasteiger partial charge in [0.1, 0.15) is 10.6 Å². The molecule has 9 nitrogen and oxygen atoms in total. The van der Waals surface area contributed by atoms with Crippen molar-refractivity contribution in [3.63, 3.8) is 0 Å². The third-order valence-corrected chi connectivity index (χ3v) is 3.69. The largest absolute Gasteiger partial charge is 0.360 e. The summed E-state index contributed by atoms with van der Waals surface area (Å²) in [7, 11) is -3.68. The summed E-state index contributed by atoms with van der Waals surface area (Å²) >= 11 is 0. The number of aryl methyl sites for hydroxylation is 2. The Kier molecular flexibility index (Phi) is 2.90. The number of aromatic amines is 1. The molecule has 2 rings (SSSR count). The molecule has 92 valence electrons. The smallest absolute Gasteiger partial charge is 0.246 e. The summed E-state index contributed by atoms with van der Waals surface area (Å²) in [5.74, 6) is 0.489. The summed E-state index contributed by atoms with van der Waals surface area (Å²) < 4.78 is 31.0. The lowest BCUT2D eigenvalue weighted by atomic mass is 10.4. The molecule has 0 radical (unpaired) electrons. The molecular weight excluding hydrogens is 248 g/mol. The fourth-order valence-corrected chi connectivity index (χ4v) is 2.65. The zero-order chi connectivity index (χ0) is 12.5. The van der Waals surface area contributed by atoms with Crippen LogP contribution in [-0.4, -0.2) is 34.2 Å². The Labute approximate surface area is 96.6 Å². The number of H-pyrrole nitrogens is 1. The summed E-state index contributed by atoms with van der Waals surface area (Å²) in [6.45, 7) is 3.03. The quantitative estimate of drug-likeness (QED) is 0.741. The summed E-state index contributed by atoms with van der Waals surface area (Å²) in [4.78, 5) is 0.0426. The van der Waals surface area contributed by atoms with Gasteiger partial charge in [-0.05, 0) is 13.8 Å². The van der Waals surface area contributed by atoms with Crippen molar-refractivity contribution in [1.82, 2.24) is 30.5 Å². The maximum absolute atomic E-state index is 11.9. The Balaban J connectivity index is 2.20. The van der Waals surface area contributed by atoms with E-state index in [1.807, 2.05) is 0 Å². The van der Waals surface area contributed by atoms with Gasteiger partial charge in [-0.25, -0.2) is 13.1 Å². The van der Waals surface area contributed by atoms with Crippen molar-refractivity contribution < 1.29 is 12.9 Å². The molecular formula is C7H10N6O3S. The van der Waals surface area contributed by atoms with Gasteiger partial charge in [0.05, 0.1) is 6.54 Å². The van der Waals surface area contributed by atoms with Gasteiger partial charge in [-0.3, -0.25) is 0 Å². The molecule has 2 N–H and O–H groups in total. The van der Waals surface area contributed by atoms with Gasteiger partial charge in [-0.2, -0.15) is 5.21 Å². The Morgan fingerprint density at radius 2 is 2.18 bits per heavy atom. The second-order valence-corrected chi connectivity index (χ2v) is 5.01. The maximum atomic E-state index is 11.9. The molecule has 2 aromatic rings. The number of hydrogen-bond acceptors (Lipinski definition) is 7. The van der Waals surface area contributed by atoms with E-state index in [0.717, 1.165) is 0 Å². The minimum absolute atomic E-state index is 0.0426. The number of sulfonamides is 1. The summed E-state index contributed by atoms with van der Waals surface area (Å²) in [6, 6.07) is 0. The van der Waals surface area contributed by atoms with Crippen LogP contribution in [-0.2, 0) is 16.6 Å². The minimum Gasteiger partial charge on any atom is -0.360 e. The van der Waals surface area contributed by atoms with E-state index in [-0.39, 0.29) is 23.0 Å². The lowest BCUT2D eigenvalue weighted by Crippen LogP contribution is -2.24. The van der Waals surface area contributed by atoms with Gasteiger partial charge in [-0.15, -0.1) is 10.2 Å². The first-order valence-electron chi connectivity index (χ1n) is 4.65. The molecule has 17 heavy (non-hydrogen) atoms. The Morgan fingerprint density at radius 1 is 1.41 bits per heavy atom. The van der Waals surface area contributed by atoms with Gasteiger partial charge in [-0.1, -0.05) is 10.4 Å². The van der Waals surface area contributed by atoms with E-state index >= 15 is 0 Å². The Bertz CT molecular complexity index is 582. The molecule has 10 heteroatoms. The van der Waals surface area contributed by atoms with Gasteiger partial charge >= 0.3 is 0 Å². The molecule has 0 aliphatic heterocycles. The fraction of sp³-hybridized carbons (Fsp3) is 0.429. The molecule has 0 fully saturated rings. The lowest BCUT2D eigenvalue weighted by Gasteiger charge is -2.03. The maximum Gasteiger partial charge on any atom is 0.246 e. The topological polar surface area (TPSA) is 127 Å². The van der Waals surface area contributed by atoms with Crippen molar-refractivity contribution in [2.24, 2.45) is 0 Å². The highest BCUT2D eigenvalue weighted by molar-refractivity contribution is 7.89. The van der Waals surface area contributed by atoms with Crippen molar-refractivity contribution in [3.05, 3.63) is 17.3 Å². The van der Waals surface area contributed by atoms with Crippen LogP contribution in [0.25, 0.3) is 0 Å². The number of hydrogen-bond donors (Lipinski definition) is 2. The average Bonchev–Trinajstić information content (AvgIpc) is 2.86. The number of tetrazole rings is 1. The van der Waals surface area contributed by atoms with Crippen LogP contribution < -0.4 is 4.72 Å². The van der Waals surface area contributed by atoms with Crippen molar-refractivity contribution in [2.45, 2.75) is 25.3 Å². The van der Waals surface area contributed by atoms with Gasteiger partial charge in [0.25, 0.3) is 0 Å². The van der Waals surface area contributed by atoms with Gasteiger partial charge in [0, 0.05) is 0 Å². The zero-order valence-electron chi connectivity index (χ0n) is 9.13. The van der Waals surface area contributed by atoms with Gasteiger partial charge < -0.3 is 4.52 Å². The van der Waals surface area contributed by atoms with Crippen LogP contribution in [0.1, 0.15) is 17.3 Å². The summed E-state index contributed by atoms with van der Waals surface area (Å²) in [5, 5.41) is 16.4. The van der Waals surface area contributed by atoms with Crippen LogP contribution in [0.5, 0.6) is 0 Å². The van der Waals surface area contributed by atoms with Crippen molar-refractivity contribution in [2.75, 3.05) is 0 Å². The standard InChI is InChI=1S/C7H10N6O3S/c1-4-7(5(2)16-11-4)17(14,15)8-3-6-9-12-13-10-6/h8H,3H2,1-2H3,(H,9,10,12,13). The Morgan fingerprint density at radius 3 is 2.71 bits per heavy atom. The van der Waals surface area contributed by atoms with E-state index in [1.54, 1.807) is 6.92 Å². The Hall–Kier alpha value is -1.81. The van der Waals surface area contributed by atoms with E-state index in [9.17, 15) is 8.42 Å². The third kappa shape index (κ3) is 2.31. The number of nitrogens with zero attached hydrogens (tertiary/aromatic N) is 4. The van der Waals surface area contributed by atoms with Crippen LogP contribution in [0, 0.1) is 13.8 Å². The molecule has 0 atom stereocenters. The molecule has 0 aromatic carbocycles. The molecule has 0 aliphatic carbocycles. The first-order valence-corrected chi connectivity index (χ1v) is 6.14. The highest BCUT2D eigenvalue weighted by atomic mass is 32.2. The highest BCUT2D eigenvalue weighted by Gasteiger charge is 2.24. The van der Waals surface area contributed by atoms with Crippen LogP contribution in [0.3, 0.4) is 0 Å². The number of rotatable bonds is 4. The highest BCUT2D eigenvalue weighted by Crippen LogP contribution is 2.18. The average molecular weight is 258 g/mol. The molecule has 0 saturated carbocycles. The van der Waals surface area contributed by atoms with Gasteiger partial charge in [0.2, 0.25) is 10.0 Å². The molecule has 0 aliphatic rings. The van der Waals surface area contributed by atoms with Gasteiger partial charge in [0.15, 0.2) is 11.6 Å². The van der Waals surface area contributed by atoms with Crippen molar-refractivity contribution >= 4 is 10.0 Å². The van der Waals surface area contributed by atoms with E-state index in [2.05, 4.69) is 30.5 Å². The van der Waals surface area contributed by atoms with Crippen LogP contribution in [0.4, 0.5) is 0 Å².